The number of rotatable bonds is 7. The van der Waals surface area contributed by atoms with Crippen molar-refractivity contribution in [1.29, 1.82) is 0 Å². The first-order valence-corrected chi connectivity index (χ1v) is 12.7. The van der Waals surface area contributed by atoms with Gasteiger partial charge in [0, 0.05) is 18.7 Å². The van der Waals surface area contributed by atoms with Crippen LogP contribution in [0.2, 0.25) is 0 Å². The van der Waals surface area contributed by atoms with E-state index >= 15 is 0 Å². The van der Waals surface area contributed by atoms with Crippen molar-refractivity contribution in [3.63, 3.8) is 0 Å². The molecule has 1 atom stereocenters. The van der Waals surface area contributed by atoms with Crippen molar-refractivity contribution in [2.24, 2.45) is 7.05 Å². The van der Waals surface area contributed by atoms with Gasteiger partial charge in [0.2, 0.25) is 10.0 Å². The predicted molar refractivity (Wildman–Crippen MR) is 131 cm³/mol. The number of sulfonamides is 1. The molecule has 1 aliphatic rings. The highest BCUT2D eigenvalue weighted by Gasteiger charge is 2.29. The summed E-state index contributed by atoms with van der Waals surface area (Å²) in [6.07, 6.45) is 1.68. The Bertz CT molecular complexity index is 1470. The zero-order chi connectivity index (χ0) is 23.9. The average molecular weight is 475 g/mol. The van der Waals surface area contributed by atoms with Gasteiger partial charge in [0.05, 0.1) is 15.9 Å². The second-order valence-electron chi connectivity index (χ2n) is 8.71. The Morgan fingerprint density at radius 1 is 1.03 bits per heavy atom. The standard InChI is InChI=1S/C26H26N4O3S/c1-17-12-15-20(34(32,33)29-19-13-14-19)16-21(17)26(31)28-24(18-8-4-3-5-9-18)25-27-22-10-6-7-11-23(22)30(25)2/h3-12,15-16,19,24,29H,13-14H2,1-2H3,(H,28,31). The molecule has 8 heteroatoms. The number of hydrogen-bond donors (Lipinski definition) is 2. The first kappa shape index (κ1) is 22.3. The lowest BCUT2D eigenvalue weighted by Crippen LogP contribution is -2.32. The molecular weight excluding hydrogens is 448 g/mol. The van der Waals surface area contributed by atoms with Crippen LogP contribution in [0.15, 0.2) is 77.7 Å². The van der Waals surface area contributed by atoms with Crippen LogP contribution in [0.1, 0.15) is 46.2 Å². The monoisotopic (exact) mass is 474 g/mol. The topological polar surface area (TPSA) is 93.1 Å². The van der Waals surface area contributed by atoms with Gasteiger partial charge >= 0.3 is 0 Å². The summed E-state index contributed by atoms with van der Waals surface area (Å²) >= 11 is 0. The first-order chi connectivity index (χ1) is 16.3. The number of carbonyl (C=O) groups is 1. The fraction of sp³-hybridized carbons (Fsp3) is 0.231. The van der Waals surface area contributed by atoms with E-state index in [4.69, 9.17) is 4.98 Å². The number of nitrogens with zero attached hydrogens (tertiary/aromatic N) is 2. The summed E-state index contributed by atoms with van der Waals surface area (Å²) in [5.74, 6) is 0.333. The predicted octanol–water partition coefficient (Wildman–Crippen LogP) is 3.84. The Labute approximate surface area is 198 Å². The number of amides is 1. The van der Waals surface area contributed by atoms with Crippen molar-refractivity contribution >= 4 is 27.0 Å². The van der Waals surface area contributed by atoms with Crippen LogP contribution in [0.3, 0.4) is 0 Å². The summed E-state index contributed by atoms with van der Waals surface area (Å²) in [7, 11) is -1.75. The summed E-state index contributed by atoms with van der Waals surface area (Å²) in [6.45, 7) is 1.80. The van der Waals surface area contributed by atoms with Crippen molar-refractivity contribution in [1.82, 2.24) is 19.6 Å². The van der Waals surface area contributed by atoms with Crippen molar-refractivity contribution in [3.05, 3.63) is 95.3 Å². The third-order valence-electron chi connectivity index (χ3n) is 6.15. The number of aromatic nitrogens is 2. The van der Waals surface area contributed by atoms with Crippen LogP contribution in [0.5, 0.6) is 0 Å². The average Bonchev–Trinajstić information content (AvgIpc) is 3.58. The van der Waals surface area contributed by atoms with Gasteiger partial charge in [-0.2, -0.15) is 0 Å². The molecule has 1 aromatic heterocycles. The number of nitrogens with one attached hydrogen (secondary N) is 2. The largest absolute Gasteiger partial charge is 0.338 e. The maximum absolute atomic E-state index is 13.5. The highest BCUT2D eigenvalue weighted by atomic mass is 32.2. The number of carbonyl (C=O) groups excluding carboxylic acids is 1. The summed E-state index contributed by atoms with van der Waals surface area (Å²) in [6, 6.07) is 21.6. The number of imidazole rings is 1. The molecule has 7 nitrogen and oxygen atoms in total. The summed E-state index contributed by atoms with van der Waals surface area (Å²) < 4.78 is 30.1. The van der Waals surface area contributed by atoms with Gasteiger partial charge in [0.15, 0.2) is 0 Å². The highest BCUT2D eigenvalue weighted by molar-refractivity contribution is 7.89. The van der Waals surface area contributed by atoms with Crippen LogP contribution in [-0.4, -0.2) is 29.9 Å². The zero-order valence-electron chi connectivity index (χ0n) is 19.0. The summed E-state index contributed by atoms with van der Waals surface area (Å²) in [4.78, 5) is 18.4. The number of aryl methyl sites for hydroxylation is 2. The SMILES string of the molecule is Cc1ccc(S(=O)(=O)NC2CC2)cc1C(=O)NC(c1ccccc1)c1nc2ccccc2n1C. The summed E-state index contributed by atoms with van der Waals surface area (Å²) in [5.41, 5.74) is 3.69. The van der Waals surface area contributed by atoms with Crippen molar-refractivity contribution in [2.45, 2.75) is 36.7 Å². The van der Waals surface area contributed by atoms with Gasteiger partial charge in [-0.15, -0.1) is 0 Å². The van der Waals surface area contributed by atoms with Crippen LogP contribution in [0, 0.1) is 6.92 Å². The first-order valence-electron chi connectivity index (χ1n) is 11.2. The molecule has 0 aliphatic heterocycles. The molecule has 3 aromatic carbocycles. The lowest BCUT2D eigenvalue weighted by atomic mass is 10.0. The fourth-order valence-corrected chi connectivity index (χ4v) is 5.41. The van der Waals surface area contributed by atoms with Gasteiger partial charge < -0.3 is 9.88 Å². The van der Waals surface area contributed by atoms with Crippen molar-refractivity contribution < 1.29 is 13.2 Å². The number of hydrogen-bond acceptors (Lipinski definition) is 4. The number of benzene rings is 3. The molecular formula is C26H26N4O3S. The van der Waals surface area contributed by atoms with Crippen LogP contribution >= 0.6 is 0 Å². The molecule has 0 spiro atoms. The maximum atomic E-state index is 13.5. The third kappa shape index (κ3) is 4.34. The highest BCUT2D eigenvalue weighted by Crippen LogP contribution is 2.27. The lowest BCUT2D eigenvalue weighted by molar-refractivity contribution is 0.0940. The van der Waals surface area contributed by atoms with E-state index in [-0.39, 0.29) is 16.8 Å². The lowest BCUT2D eigenvalue weighted by Gasteiger charge is -2.20. The minimum Gasteiger partial charge on any atom is -0.338 e. The quantitative estimate of drug-likeness (QED) is 0.426. The van der Waals surface area contributed by atoms with E-state index in [0.717, 1.165) is 29.4 Å². The second-order valence-corrected chi connectivity index (χ2v) is 10.4. The van der Waals surface area contributed by atoms with Crippen LogP contribution in [0.4, 0.5) is 0 Å². The van der Waals surface area contributed by atoms with E-state index in [9.17, 15) is 13.2 Å². The Kier molecular flexibility index (Phi) is 5.71. The van der Waals surface area contributed by atoms with E-state index in [0.29, 0.717) is 17.0 Å². The smallest absolute Gasteiger partial charge is 0.252 e. The van der Waals surface area contributed by atoms with Crippen LogP contribution in [-0.2, 0) is 17.1 Å². The minimum atomic E-state index is -3.67. The Morgan fingerprint density at radius 2 is 1.74 bits per heavy atom. The maximum Gasteiger partial charge on any atom is 0.252 e. The molecule has 1 fully saturated rings. The zero-order valence-corrected chi connectivity index (χ0v) is 19.8. The summed E-state index contributed by atoms with van der Waals surface area (Å²) in [5, 5.41) is 3.10. The van der Waals surface area contributed by atoms with E-state index in [1.165, 1.54) is 12.1 Å². The molecule has 5 rings (SSSR count). The molecule has 1 aliphatic carbocycles. The van der Waals surface area contributed by atoms with E-state index in [1.807, 2.05) is 66.2 Å². The van der Waals surface area contributed by atoms with Crippen LogP contribution < -0.4 is 10.0 Å². The second kappa shape index (κ2) is 8.70. The third-order valence-corrected chi connectivity index (χ3v) is 7.67. The molecule has 4 aromatic rings. The van der Waals surface area contributed by atoms with E-state index in [2.05, 4.69) is 10.0 Å². The van der Waals surface area contributed by atoms with Crippen molar-refractivity contribution in [3.8, 4) is 0 Å². The molecule has 174 valence electrons. The molecule has 1 saturated carbocycles. The molecule has 0 bridgehead atoms. The van der Waals surface area contributed by atoms with Gasteiger partial charge in [0.25, 0.3) is 5.91 Å². The van der Waals surface area contributed by atoms with Crippen LogP contribution in [0.25, 0.3) is 11.0 Å². The number of para-hydroxylation sites is 2. The molecule has 1 amide bonds. The van der Waals surface area contributed by atoms with Gasteiger partial charge in [0.1, 0.15) is 11.9 Å². The Hall–Kier alpha value is -3.49. The molecule has 0 saturated heterocycles. The van der Waals surface area contributed by atoms with Crippen molar-refractivity contribution in [2.75, 3.05) is 0 Å². The van der Waals surface area contributed by atoms with Gasteiger partial charge in [-0.05, 0) is 55.2 Å². The van der Waals surface area contributed by atoms with Gasteiger partial charge in [-0.25, -0.2) is 18.1 Å². The fourth-order valence-electron chi connectivity index (χ4n) is 4.08. The normalized spacial score (nSPS) is 14.8. The van der Waals surface area contributed by atoms with E-state index in [1.54, 1.807) is 13.0 Å². The molecule has 1 unspecified atom stereocenters. The molecule has 34 heavy (non-hydrogen) atoms. The number of fused-ring (bicyclic) bond motifs is 1. The Balaban J connectivity index is 1.52. The minimum absolute atomic E-state index is 0.0106. The molecule has 1 heterocycles. The molecule has 2 N–H and O–H groups in total. The van der Waals surface area contributed by atoms with E-state index < -0.39 is 16.1 Å². The Morgan fingerprint density at radius 3 is 2.44 bits per heavy atom. The molecule has 0 radical (unpaired) electrons. The van der Waals surface area contributed by atoms with Gasteiger partial charge in [-0.3, -0.25) is 4.79 Å². The van der Waals surface area contributed by atoms with Gasteiger partial charge in [-0.1, -0.05) is 48.5 Å².